The molecule has 2 heterocycles. The van der Waals surface area contributed by atoms with Gasteiger partial charge in [0.1, 0.15) is 6.61 Å². The predicted molar refractivity (Wildman–Crippen MR) is 70.1 cm³/mol. The van der Waals surface area contributed by atoms with Crippen molar-refractivity contribution in [1.29, 1.82) is 0 Å². The van der Waals surface area contributed by atoms with Gasteiger partial charge in [-0.15, -0.1) is 11.3 Å². The number of nitrogens with zero attached hydrogens (tertiary/aromatic N) is 2. The maximum Gasteiger partial charge on any atom is 0.261 e. The Morgan fingerprint density at radius 1 is 1.55 bits per heavy atom. The van der Waals surface area contributed by atoms with E-state index in [0.717, 1.165) is 0 Å². The van der Waals surface area contributed by atoms with Crippen LogP contribution in [0, 0.1) is 0 Å². The van der Waals surface area contributed by atoms with Crippen molar-refractivity contribution in [1.82, 2.24) is 14.1 Å². The molecule has 2 aromatic heterocycles. The number of hydrogen-bond acceptors (Lipinski definition) is 5. The Labute approximate surface area is 122 Å². The number of nitrogens with one attached hydrogen (secondary N) is 1. The minimum Gasteiger partial charge on any atom is -0.374 e. The molecular formula is C9H10ClF2N3O3S2. The Bertz CT molecular complexity index is 686. The fraction of sp³-hybridized carbons (Fsp3) is 0.444. The molecule has 2 rings (SSSR count). The molecule has 0 radical (unpaired) electrons. The second kappa shape index (κ2) is 6.31. The molecule has 0 saturated carbocycles. The highest BCUT2D eigenvalue weighted by Crippen LogP contribution is 2.24. The number of alkyl halides is 2. The van der Waals surface area contributed by atoms with Crippen LogP contribution in [0.1, 0.15) is 0 Å². The van der Waals surface area contributed by atoms with E-state index >= 15 is 0 Å². The molecule has 0 bridgehead atoms. The van der Waals surface area contributed by atoms with Crippen LogP contribution < -0.4 is 4.72 Å². The van der Waals surface area contributed by atoms with Crippen LogP contribution in [-0.2, 0) is 14.8 Å². The number of thiazole rings is 1. The van der Waals surface area contributed by atoms with Crippen LogP contribution in [0.3, 0.4) is 0 Å². The molecule has 0 aliphatic heterocycles. The highest BCUT2D eigenvalue weighted by molar-refractivity contribution is 7.89. The molecule has 0 aliphatic rings. The van der Waals surface area contributed by atoms with Crippen molar-refractivity contribution >= 4 is 37.9 Å². The van der Waals surface area contributed by atoms with Crippen LogP contribution in [0.4, 0.5) is 8.78 Å². The van der Waals surface area contributed by atoms with Crippen LogP contribution in [0.15, 0.2) is 16.6 Å². The number of fused-ring (bicyclic) bond motifs is 1. The van der Waals surface area contributed by atoms with E-state index in [0.29, 0.717) is 4.96 Å². The van der Waals surface area contributed by atoms with Gasteiger partial charge in [-0.1, -0.05) is 11.6 Å². The summed E-state index contributed by atoms with van der Waals surface area (Å²) in [5.74, 6) is 0. The van der Waals surface area contributed by atoms with Gasteiger partial charge in [-0.25, -0.2) is 26.9 Å². The first-order chi connectivity index (χ1) is 9.42. The van der Waals surface area contributed by atoms with E-state index in [9.17, 15) is 17.2 Å². The van der Waals surface area contributed by atoms with E-state index in [-0.39, 0.29) is 23.3 Å². The van der Waals surface area contributed by atoms with Gasteiger partial charge < -0.3 is 4.74 Å². The molecule has 0 atom stereocenters. The van der Waals surface area contributed by atoms with E-state index in [4.69, 9.17) is 11.6 Å². The molecule has 0 aromatic carbocycles. The van der Waals surface area contributed by atoms with Crippen LogP contribution in [0.25, 0.3) is 4.96 Å². The van der Waals surface area contributed by atoms with Gasteiger partial charge in [0.15, 0.2) is 15.1 Å². The topological polar surface area (TPSA) is 72.7 Å². The van der Waals surface area contributed by atoms with Crippen molar-refractivity contribution in [3.63, 3.8) is 0 Å². The molecule has 112 valence electrons. The number of aromatic nitrogens is 2. The summed E-state index contributed by atoms with van der Waals surface area (Å²) >= 11 is 7.04. The molecule has 2 aromatic rings. The fourth-order valence-electron chi connectivity index (χ4n) is 1.47. The lowest BCUT2D eigenvalue weighted by Crippen LogP contribution is -2.29. The Kier molecular flexibility index (Phi) is 4.91. The predicted octanol–water partition coefficient (Wildman–Crippen LogP) is 1.61. The highest BCUT2D eigenvalue weighted by atomic mass is 35.5. The maximum atomic E-state index is 12.1. The smallest absolute Gasteiger partial charge is 0.261 e. The molecule has 0 aliphatic carbocycles. The van der Waals surface area contributed by atoms with Crippen molar-refractivity contribution in [2.24, 2.45) is 0 Å². The van der Waals surface area contributed by atoms with E-state index < -0.39 is 23.1 Å². The largest absolute Gasteiger partial charge is 0.374 e. The third-order valence-corrected chi connectivity index (χ3v) is 4.83. The molecule has 6 nitrogen and oxygen atoms in total. The summed E-state index contributed by atoms with van der Waals surface area (Å²) in [5.41, 5.74) is 0. The first kappa shape index (κ1) is 15.6. The second-order valence-corrected chi connectivity index (χ2v) is 6.54. The SMILES string of the molecule is O=S(=O)(NCCOCC(F)F)c1c(Cl)nc2sccn12. The number of imidazole rings is 1. The van der Waals surface area contributed by atoms with Crippen LogP contribution in [0.5, 0.6) is 0 Å². The minimum absolute atomic E-state index is 0.136. The summed E-state index contributed by atoms with van der Waals surface area (Å²) in [6, 6.07) is 0. The maximum absolute atomic E-state index is 12.1. The standard InChI is InChI=1S/C9H10ClF2N3O3S2/c10-7-8(15-2-4-19-9(15)14-7)20(16,17)13-1-3-18-5-6(11)12/h2,4,6,13H,1,3,5H2. The summed E-state index contributed by atoms with van der Waals surface area (Å²) in [7, 11) is -3.89. The van der Waals surface area contributed by atoms with Gasteiger partial charge in [0.2, 0.25) is 0 Å². The molecule has 0 saturated heterocycles. The summed E-state index contributed by atoms with van der Waals surface area (Å²) in [6.07, 6.45) is -1.05. The normalized spacial score (nSPS) is 12.6. The van der Waals surface area contributed by atoms with Gasteiger partial charge in [0.25, 0.3) is 16.4 Å². The van der Waals surface area contributed by atoms with Gasteiger partial charge in [0, 0.05) is 18.1 Å². The van der Waals surface area contributed by atoms with Gasteiger partial charge in [0.05, 0.1) is 6.61 Å². The summed E-state index contributed by atoms with van der Waals surface area (Å²) in [5, 5.41) is 1.35. The first-order valence-corrected chi connectivity index (χ1v) is 8.12. The van der Waals surface area contributed by atoms with Gasteiger partial charge in [-0.05, 0) is 0 Å². The van der Waals surface area contributed by atoms with E-state index in [2.05, 4.69) is 14.4 Å². The van der Waals surface area contributed by atoms with E-state index in [1.807, 2.05) is 0 Å². The lowest BCUT2D eigenvalue weighted by molar-refractivity contribution is 0.0199. The van der Waals surface area contributed by atoms with Crippen molar-refractivity contribution < 1.29 is 21.9 Å². The summed E-state index contributed by atoms with van der Waals surface area (Å²) in [6.45, 7) is -1.03. The molecule has 11 heteroatoms. The average Bonchev–Trinajstić information content (AvgIpc) is 2.86. The molecule has 0 amide bonds. The van der Waals surface area contributed by atoms with Gasteiger partial charge in [-0.3, -0.25) is 4.40 Å². The zero-order valence-electron chi connectivity index (χ0n) is 9.92. The zero-order chi connectivity index (χ0) is 14.8. The molecule has 0 spiro atoms. The molecule has 20 heavy (non-hydrogen) atoms. The van der Waals surface area contributed by atoms with Crippen LogP contribution in [-0.4, -0.2) is 44.0 Å². The van der Waals surface area contributed by atoms with Gasteiger partial charge >= 0.3 is 0 Å². The van der Waals surface area contributed by atoms with Crippen LogP contribution >= 0.6 is 22.9 Å². The molecule has 0 unspecified atom stereocenters. The monoisotopic (exact) mass is 345 g/mol. The van der Waals surface area contributed by atoms with Crippen molar-refractivity contribution in [2.75, 3.05) is 19.8 Å². The Morgan fingerprint density at radius 2 is 2.30 bits per heavy atom. The Balaban J connectivity index is 2.03. The summed E-state index contributed by atoms with van der Waals surface area (Å²) < 4.78 is 55.9. The third-order valence-electron chi connectivity index (χ3n) is 2.22. The lowest BCUT2D eigenvalue weighted by atomic mass is 10.7. The second-order valence-electron chi connectivity index (χ2n) is 3.63. The number of halogens is 3. The van der Waals surface area contributed by atoms with Crippen molar-refractivity contribution in [2.45, 2.75) is 11.5 Å². The van der Waals surface area contributed by atoms with Crippen LogP contribution in [0.2, 0.25) is 5.15 Å². The average molecular weight is 346 g/mol. The first-order valence-electron chi connectivity index (χ1n) is 5.38. The zero-order valence-corrected chi connectivity index (χ0v) is 12.3. The number of ether oxygens (including phenoxy) is 1. The van der Waals surface area contributed by atoms with Crippen molar-refractivity contribution in [3.8, 4) is 0 Å². The van der Waals surface area contributed by atoms with Crippen molar-refractivity contribution in [3.05, 3.63) is 16.7 Å². The fourth-order valence-corrected chi connectivity index (χ4v) is 3.93. The number of rotatable bonds is 7. The number of hydrogen-bond donors (Lipinski definition) is 1. The lowest BCUT2D eigenvalue weighted by Gasteiger charge is -2.06. The molecular weight excluding hydrogens is 336 g/mol. The Hall–Kier alpha value is -0.810. The van der Waals surface area contributed by atoms with E-state index in [1.54, 1.807) is 5.38 Å². The highest BCUT2D eigenvalue weighted by Gasteiger charge is 2.24. The minimum atomic E-state index is -3.89. The number of sulfonamides is 1. The summed E-state index contributed by atoms with van der Waals surface area (Å²) in [4.78, 5) is 4.35. The van der Waals surface area contributed by atoms with Gasteiger partial charge in [-0.2, -0.15) is 0 Å². The quantitative estimate of drug-likeness (QED) is 0.774. The van der Waals surface area contributed by atoms with E-state index in [1.165, 1.54) is 21.9 Å². The molecule has 1 N–H and O–H groups in total. The Morgan fingerprint density at radius 3 is 3.00 bits per heavy atom. The molecule has 0 fully saturated rings. The third kappa shape index (κ3) is 3.44.